The lowest BCUT2D eigenvalue weighted by Crippen LogP contribution is -2.34. The number of amides is 2. The Hall–Kier alpha value is -1.19. The molecule has 0 saturated carbocycles. The fourth-order valence-electron chi connectivity index (χ4n) is 0.756. The Labute approximate surface area is 85.9 Å². The second-order valence-electron chi connectivity index (χ2n) is 2.80. The molecule has 0 aromatic rings. The van der Waals surface area contributed by atoms with Crippen LogP contribution in [0.5, 0.6) is 0 Å². The minimum absolute atomic E-state index is 0.304. The highest BCUT2D eigenvalue weighted by Gasteiger charge is 2.26. The zero-order valence-electron chi connectivity index (χ0n) is 7.71. The van der Waals surface area contributed by atoms with Gasteiger partial charge in [0, 0.05) is 6.42 Å². The number of hydrogen-bond donors (Lipinski definition) is 4. The molecule has 0 aromatic carbocycles. The highest BCUT2D eigenvalue weighted by molar-refractivity contribution is 7.92. The van der Waals surface area contributed by atoms with Crippen LogP contribution in [0.25, 0.3) is 0 Å². The number of hydroxylamine groups is 1. The summed E-state index contributed by atoms with van der Waals surface area (Å²) in [5, 5.41) is 17.2. The predicted octanol–water partition coefficient (Wildman–Crippen LogP) is -2.51. The summed E-state index contributed by atoms with van der Waals surface area (Å²) in [6.45, 7) is 0. The van der Waals surface area contributed by atoms with Crippen molar-refractivity contribution in [3.63, 3.8) is 0 Å². The first kappa shape index (κ1) is 13.8. The van der Waals surface area contributed by atoms with Gasteiger partial charge < -0.3 is 10.8 Å². The summed E-state index contributed by atoms with van der Waals surface area (Å²) in [6, 6.07) is 0. The van der Waals surface area contributed by atoms with E-state index in [1.165, 1.54) is 0 Å². The molecule has 0 radical (unpaired) electrons. The van der Waals surface area contributed by atoms with Gasteiger partial charge in [-0.05, 0) is 6.42 Å². The number of aliphatic hydroxyl groups excluding tert-OH is 1. The number of primary amides is 1. The SMILES string of the molecule is NC(=O)CCC(O)S(=O)(=O)CC(=O)NO. The Balaban J connectivity index is 4.33. The van der Waals surface area contributed by atoms with Gasteiger partial charge in [-0.3, -0.25) is 14.8 Å². The van der Waals surface area contributed by atoms with Gasteiger partial charge in [-0.1, -0.05) is 0 Å². The Morgan fingerprint density at radius 2 is 1.93 bits per heavy atom. The van der Waals surface area contributed by atoms with Gasteiger partial charge in [0.05, 0.1) is 0 Å². The molecule has 1 unspecified atom stereocenters. The van der Waals surface area contributed by atoms with Gasteiger partial charge in [-0.15, -0.1) is 0 Å². The quantitative estimate of drug-likeness (QED) is 0.298. The van der Waals surface area contributed by atoms with E-state index >= 15 is 0 Å². The number of sulfone groups is 1. The maximum absolute atomic E-state index is 11.1. The zero-order chi connectivity index (χ0) is 12.1. The predicted molar refractivity (Wildman–Crippen MR) is 48.2 cm³/mol. The van der Waals surface area contributed by atoms with Crippen LogP contribution in [0.1, 0.15) is 12.8 Å². The normalized spacial score (nSPS) is 13.2. The first-order valence-corrected chi connectivity index (χ1v) is 5.62. The molecule has 15 heavy (non-hydrogen) atoms. The van der Waals surface area contributed by atoms with Crippen LogP contribution in [0.2, 0.25) is 0 Å². The third-order valence-electron chi connectivity index (χ3n) is 1.51. The first-order chi connectivity index (χ1) is 6.79. The van der Waals surface area contributed by atoms with E-state index in [1.807, 2.05) is 0 Å². The lowest BCUT2D eigenvalue weighted by Gasteiger charge is -2.09. The van der Waals surface area contributed by atoms with Crippen LogP contribution in [0.15, 0.2) is 0 Å². The smallest absolute Gasteiger partial charge is 0.258 e. The average Bonchev–Trinajstić information content (AvgIpc) is 2.13. The molecule has 0 aliphatic rings. The lowest BCUT2D eigenvalue weighted by atomic mass is 10.3. The van der Waals surface area contributed by atoms with Gasteiger partial charge in [0.25, 0.3) is 5.91 Å². The second-order valence-corrected chi connectivity index (χ2v) is 4.96. The lowest BCUT2D eigenvalue weighted by molar-refractivity contribution is -0.126. The molecule has 0 aliphatic heterocycles. The van der Waals surface area contributed by atoms with Crippen molar-refractivity contribution in [3.05, 3.63) is 0 Å². The number of carbonyl (C=O) groups excluding carboxylic acids is 2. The maximum atomic E-state index is 11.1. The summed E-state index contributed by atoms with van der Waals surface area (Å²) in [4.78, 5) is 20.8. The van der Waals surface area contributed by atoms with E-state index in [0.29, 0.717) is 0 Å². The van der Waals surface area contributed by atoms with Gasteiger partial charge in [-0.25, -0.2) is 13.9 Å². The molecule has 88 valence electrons. The van der Waals surface area contributed by atoms with Crippen molar-refractivity contribution in [1.29, 1.82) is 0 Å². The molecule has 0 saturated heterocycles. The number of aliphatic hydroxyl groups is 1. The van der Waals surface area contributed by atoms with E-state index in [0.717, 1.165) is 5.48 Å². The summed E-state index contributed by atoms with van der Waals surface area (Å²) >= 11 is 0. The van der Waals surface area contributed by atoms with Crippen LogP contribution in [-0.4, -0.2) is 41.7 Å². The Bertz CT molecular complexity index is 338. The molecule has 0 bridgehead atoms. The zero-order valence-corrected chi connectivity index (χ0v) is 8.53. The fraction of sp³-hybridized carbons (Fsp3) is 0.667. The summed E-state index contributed by atoms with van der Waals surface area (Å²) in [5.74, 6) is -2.97. The number of nitrogens with two attached hydrogens (primary N) is 1. The molecule has 8 nitrogen and oxygen atoms in total. The fourth-order valence-corrected chi connectivity index (χ4v) is 1.86. The third-order valence-corrected chi connectivity index (χ3v) is 3.24. The molecule has 1 atom stereocenters. The van der Waals surface area contributed by atoms with Crippen LogP contribution in [0.4, 0.5) is 0 Å². The van der Waals surface area contributed by atoms with Gasteiger partial charge in [0.15, 0.2) is 15.3 Å². The van der Waals surface area contributed by atoms with Crippen molar-refractivity contribution < 1.29 is 28.3 Å². The van der Waals surface area contributed by atoms with E-state index in [9.17, 15) is 18.0 Å². The largest absolute Gasteiger partial charge is 0.377 e. The van der Waals surface area contributed by atoms with Gasteiger partial charge in [0.1, 0.15) is 5.75 Å². The molecule has 2 amide bonds. The molecular formula is C6H12N2O6S. The van der Waals surface area contributed by atoms with Gasteiger partial charge in [0.2, 0.25) is 5.91 Å². The highest BCUT2D eigenvalue weighted by atomic mass is 32.2. The molecule has 5 N–H and O–H groups in total. The average molecular weight is 240 g/mol. The van der Waals surface area contributed by atoms with E-state index in [1.54, 1.807) is 0 Å². The monoisotopic (exact) mass is 240 g/mol. The van der Waals surface area contributed by atoms with Crippen molar-refractivity contribution in [2.75, 3.05) is 5.75 Å². The van der Waals surface area contributed by atoms with Crippen LogP contribution in [0.3, 0.4) is 0 Å². The van der Waals surface area contributed by atoms with Crippen molar-refractivity contribution >= 4 is 21.7 Å². The summed E-state index contributed by atoms with van der Waals surface area (Å²) in [6.07, 6.45) is -0.683. The minimum atomic E-state index is -4.09. The molecule has 0 spiro atoms. The van der Waals surface area contributed by atoms with E-state index in [-0.39, 0.29) is 12.8 Å². The molecule has 0 rings (SSSR count). The highest BCUT2D eigenvalue weighted by Crippen LogP contribution is 2.06. The maximum Gasteiger partial charge on any atom is 0.258 e. The summed E-state index contributed by atoms with van der Waals surface area (Å²) < 4.78 is 22.3. The van der Waals surface area contributed by atoms with Crippen molar-refractivity contribution in [3.8, 4) is 0 Å². The standard InChI is InChI=1S/C6H12N2O6S/c7-4(9)1-2-6(11)15(13,14)3-5(10)8-12/h6,11-12H,1-3H2,(H2,7,9)(H,8,10). The topological polar surface area (TPSA) is 147 Å². The molecule has 0 aliphatic carbocycles. The van der Waals surface area contributed by atoms with Gasteiger partial charge >= 0.3 is 0 Å². The Kier molecular flexibility index (Phi) is 5.19. The van der Waals surface area contributed by atoms with Crippen LogP contribution < -0.4 is 11.2 Å². The molecule has 9 heteroatoms. The molecule has 0 heterocycles. The second kappa shape index (κ2) is 5.63. The minimum Gasteiger partial charge on any atom is -0.377 e. The first-order valence-electron chi connectivity index (χ1n) is 3.90. The van der Waals surface area contributed by atoms with E-state index < -0.39 is 32.8 Å². The molecule has 0 fully saturated rings. The summed E-state index contributed by atoms with van der Waals surface area (Å²) in [7, 11) is -4.09. The van der Waals surface area contributed by atoms with Crippen molar-refractivity contribution in [1.82, 2.24) is 5.48 Å². The number of hydrogen-bond acceptors (Lipinski definition) is 6. The molecular weight excluding hydrogens is 228 g/mol. The van der Waals surface area contributed by atoms with E-state index in [2.05, 4.69) is 0 Å². The van der Waals surface area contributed by atoms with Crippen LogP contribution in [0, 0.1) is 0 Å². The molecule has 0 aromatic heterocycles. The van der Waals surface area contributed by atoms with Gasteiger partial charge in [-0.2, -0.15) is 0 Å². The Morgan fingerprint density at radius 3 is 2.33 bits per heavy atom. The van der Waals surface area contributed by atoms with E-state index in [4.69, 9.17) is 16.0 Å². The summed E-state index contributed by atoms with van der Waals surface area (Å²) in [5.41, 5.74) is 4.02. The number of nitrogens with one attached hydrogen (secondary N) is 1. The number of rotatable bonds is 6. The van der Waals surface area contributed by atoms with Crippen LogP contribution >= 0.6 is 0 Å². The third kappa shape index (κ3) is 5.30. The number of carbonyl (C=O) groups is 2. The Morgan fingerprint density at radius 1 is 1.40 bits per heavy atom. The van der Waals surface area contributed by atoms with Crippen molar-refractivity contribution in [2.24, 2.45) is 5.73 Å². The van der Waals surface area contributed by atoms with Crippen LogP contribution in [-0.2, 0) is 19.4 Å². The van der Waals surface area contributed by atoms with Crippen molar-refractivity contribution in [2.45, 2.75) is 18.3 Å².